The van der Waals surface area contributed by atoms with E-state index >= 15 is 0 Å². The van der Waals surface area contributed by atoms with Gasteiger partial charge in [0.1, 0.15) is 5.75 Å². The van der Waals surface area contributed by atoms with Gasteiger partial charge in [-0.2, -0.15) is 5.10 Å². The molecule has 34 heavy (non-hydrogen) atoms. The lowest BCUT2D eigenvalue weighted by Gasteiger charge is -2.09. The first kappa shape index (κ1) is 22.5. The van der Waals surface area contributed by atoms with Crippen molar-refractivity contribution in [3.8, 4) is 17.2 Å². The fourth-order valence-corrected chi connectivity index (χ4v) is 3.28. The van der Waals surface area contributed by atoms with Crippen LogP contribution in [0.4, 0.5) is 0 Å². The van der Waals surface area contributed by atoms with Gasteiger partial charge in [0.25, 0.3) is 5.91 Å². The van der Waals surface area contributed by atoms with E-state index in [0.717, 1.165) is 16.3 Å². The second-order valence-corrected chi connectivity index (χ2v) is 7.22. The summed E-state index contributed by atoms with van der Waals surface area (Å²) in [5.74, 6) is 0.574. The van der Waals surface area contributed by atoms with Gasteiger partial charge in [0, 0.05) is 0 Å². The third kappa shape index (κ3) is 5.58. The maximum absolute atomic E-state index is 12.6. The number of fused-ring (bicyclic) bond motifs is 1. The Kier molecular flexibility index (Phi) is 7.15. The molecule has 1 N–H and O–H groups in total. The minimum Gasteiger partial charge on any atom is -0.493 e. The highest BCUT2D eigenvalue weighted by atomic mass is 16.5. The first-order chi connectivity index (χ1) is 16.6. The lowest BCUT2D eigenvalue weighted by atomic mass is 10.0. The molecule has 4 aromatic carbocycles. The number of hydrogen-bond donors (Lipinski definition) is 1. The summed E-state index contributed by atoms with van der Waals surface area (Å²) in [6.07, 6.45) is 1.48. The van der Waals surface area contributed by atoms with Crippen LogP contribution in [0.2, 0.25) is 0 Å². The average Bonchev–Trinajstić information content (AvgIpc) is 2.88. The van der Waals surface area contributed by atoms with Crippen LogP contribution in [0.5, 0.6) is 17.2 Å². The van der Waals surface area contributed by atoms with Crippen LogP contribution < -0.4 is 19.6 Å². The molecule has 0 fully saturated rings. The SMILES string of the molecule is COc1ccccc1OCC(=O)N/N=C/c1ccc(OC(=O)c2cccc3ccccc23)cc1. The van der Waals surface area contributed by atoms with E-state index in [1.807, 2.05) is 42.5 Å². The summed E-state index contributed by atoms with van der Waals surface area (Å²) in [5.41, 5.74) is 3.62. The van der Waals surface area contributed by atoms with Crippen molar-refractivity contribution in [2.45, 2.75) is 0 Å². The summed E-state index contributed by atoms with van der Waals surface area (Å²) in [6.45, 7) is -0.208. The Bertz CT molecular complexity index is 1330. The Labute approximate surface area is 196 Å². The molecule has 0 bridgehead atoms. The zero-order chi connectivity index (χ0) is 23.8. The van der Waals surface area contributed by atoms with Gasteiger partial charge in [0.15, 0.2) is 18.1 Å². The second kappa shape index (κ2) is 10.8. The molecule has 7 heteroatoms. The van der Waals surface area contributed by atoms with Gasteiger partial charge in [0.05, 0.1) is 18.9 Å². The van der Waals surface area contributed by atoms with Crippen LogP contribution in [-0.4, -0.2) is 31.8 Å². The lowest BCUT2D eigenvalue weighted by Crippen LogP contribution is -2.24. The van der Waals surface area contributed by atoms with Crippen LogP contribution in [0.15, 0.2) is 96.1 Å². The van der Waals surface area contributed by atoms with Crippen molar-refractivity contribution in [2.24, 2.45) is 5.10 Å². The number of methoxy groups -OCH3 is 1. The van der Waals surface area contributed by atoms with Crippen LogP contribution in [0.25, 0.3) is 10.8 Å². The van der Waals surface area contributed by atoms with Crippen molar-refractivity contribution >= 4 is 28.9 Å². The van der Waals surface area contributed by atoms with Crippen molar-refractivity contribution in [3.05, 3.63) is 102 Å². The van der Waals surface area contributed by atoms with E-state index in [1.54, 1.807) is 48.5 Å². The number of para-hydroxylation sites is 2. The molecule has 0 unspecified atom stereocenters. The molecule has 0 heterocycles. The predicted molar refractivity (Wildman–Crippen MR) is 130 cm³/mol. The number of nitrogens with one attached hydrogen (secondary N) is 1. The van der Waals surface area contributed by atoms with E-state index in [9.17, 15) is 9.59 Å². The first-order valence-electron chi connectivity index (χ1n) is 10.5. The fraction of sp³-hybridized carbons (Fsp3) is 0.0741. The molecule has 1 amide bonds. The minimum atomic E-state index is -0.430. The molecule has 4 aromatic rings. The van der Waals surface area contributed by atoms with Crippen LogP contribution in [0.1, 0.15) is 15.9 Å². The van der Waals surface area contributed by atoms with Gasteiger partial charge in [-0.1, -0.05) is 48.5 Å². The van der Waals surface area contributed by atoms with Crippen LogP contribution in [-0.2, 0) is 4.79 Å². The molecular weight excluding hydrogens is 432 g/mol. The smallest absolute Gasteiger partial charge is 0.344 e. The van der Waals surface area contributed by atoms with E-state index in [-0.39, 0.29) is 6.61 Å². The van der Waals surface area contributed by atoms with Gasteiger partial charge >= 0.3 is 5.97 Å². The second-order valence-electron chi connectivity index (χ2n) is 7.22. The Balaban J connectivity index is 1.30. The molecule has 0 aliphatic rings. The fourth-order valence-electron chi connectivity index (χ4n) is 3.28. The Morgan fingerprint density at radius 1 is 0.853 bits per heavy atom. The molecule has 0 saturated heterocycles. The maximum Gasteiger partial charge on any atom is 0.344 e. The Morgan fingerprint density at radius 3 is 2.35 bits per heavy atom. The topological polar surface area (TPSA) is 86.2 Å². The third-order valence-corrected chi connectivity index (χ3v) is 4.93. The number of carbonyl (C=O) groups excluding carboxylic acids is 2. The lowest BCUT2D eigenvalue weighted by molar-refractivity contribution is -0.123. The predicted octanol–water partition coefficient (Wildman–Crippen LogP) is 4.60. The first-order valence-corrected chi connectivity index (χ1v) is 10.5. The normalized spacial score (nSPS) is 10.7. The molecule has 170 valence electrons. The van der Waals surface area contributed by atoms with Gasteiger partial charge < -0.3 is 14.2 Å². The number of hydrogen-bond acceptors (Lipinski definition) is 6. The van der Waals surface area contributed by atoms with E-state index in [0.29, 0.717) is 22.8 Å². The van der Waals surface area contributed by atoms with Crippen LogP contribution in [0, 0.1) is 0 Å². The Hall–Kier alpha value is -4.65. The maximum atomic E-state index is 12.6. The van der Waals surface area contributed by atoms with Crippen molar-refractivity contribution in [1.29, 1.82) is 0 Å². The van der Waals surface area contributed by atoms with Crippen molar-refractivity contribution in [1.82, 2.24) is 5.43 Å². The zero-order valence-corrected chi connectivity index (χ0v) is 18.4. The largest absolute Gasteiger partial charge is 0.493 e. The molecule has 0 aromatic heterocycles. The highest BCUT2D eigenvalue weighted by Crippen LogP contribution is 2.25. The molecule has 0 radical (unpaired) electrons. The molecule has 0 atom stereocenters. The summed E-state index contributed by atoms with van der Waals surface area (Å²) in [7, 11) is 1.53. The van der Waals surface area contributed by atoms with Crippen molar-refractivity contribution < 1.29 is 23.8 Å². The van der Waals surface area contributed by atoms with E-state index in [2.05, 4.69) is 10.5 Å². The van der Waals surface area contributed by atoms with E-state index in [1.165, 1.54) is 13.3 Å². The molecule has 0 aliphatic heterocycles. The monoisotopic (exact) mass is 454 g/mol. The number of rotatable bonds is 8. The summed E-state index contributed by atoms with van der Waals surface area (Å²) < 4.78 is 16.1. The molecular formula is C27H22N2O5. The number of ether oxygens (including phenoxy) is 3. The highest BCUT2D eigenvalue weighted by molar-refractivity contribution is 6.05. The number of esters is 1. The zero-order valence-electron chi connectivity index (χ0n) is 18.4. The third-order valence-electron chi connectivity index (χ3n) is 4.93. The quantitative estimate of drug-likeness (QED) is 0.182. The van der Waals surface area contributed by atoms with Crippen molar-refractivity contribution in [3.63, 3.8) is 0 Å². The highest BCUT2D eigenvalue weighted by Gasteiger charge is 2.12. The Morgan fingerprint density at radius 2 is 1.56 bits per heavy atom. The molecule has 0 spiro atoms. The number of hydrazone groups is 1. The van der Waals surface area contributed by atoms with Gasteiger partial charge in [-0.3, -0.25) is 4.79 Å². The number of carbonyl (C=O) groups is 2. The van der Waals surface area contributed by atoms with Gasteiger partial charge in [0.2, 0.25) is 0 Å². The minimum absolute atomic E-state index is 0.208. The standard InChI is InChI=1S/C27H22N2O5/c1-32-24-11-4-5-12-25(24)33-18-26(30)29-28-17-19-13-15-21(16-14-19)34-27(31)23-10-6-8-20-7-2-3-9-22(20)23/h2-17H,18H2,1H3,(H,29,30)/b28-17+. The van der Waals surface area contributed by atoms with Crippen LogP contribution >= 0.6 is 0 Å². The molecule has 0 aliphatic carbocycles. The average molecular weight is 454 g/mol. The van der Waals surface area contributed by atoms with Gasteiger partial charge in [-0.25, -0.2) is 10.2 Å². The summed E-state index contributed by atoms with van der Waals surface area (Å²) in [5, 5.41) is 5.73. The van der Waals surface area contributed by atoms with Crippen molar-refractivity contribution in [2.75, 3.05) is 13.7 Å². The van der Waals surface area contributed by atoms with E-state index in [4.69, 9.17) is 14.2 Å². The van der Waals surface area contributed by atoms with Gasteiger partial charge in [-0.05, 0) is 58.8 Å². The summed E-state index contributed by atoms with van der Waals surface area (Å²) >= 11 is 0. The van der Waals surface area contributed by atoms with Crippen LogP contribution in [0.3, 0.4) is 0 Å². The molecule has 4 rings (SSSR count). The number of nitrogens with zero attached hydrogens (tertiary/aromatic N) is 1. The van der Waals surface area contributed by atoms with Gasteiger partial charge in [-0.15, -0.1) is 0 Å². The molecule has 7 nitrogen and oxygen atoms in total. The number of benzene rings is 4. The molecule has 0 saturated carbocycles. The summed E-state index contributed by atoms with van der Waals surface area (Å²) in [6, 6.07) is 27.0. The van der Waals surface area contributed by atoms with E-state index < -0.39 is 11.9 Å². The number of amides is 1. The summed E-state index contributed by atoms with van der Waals surface area (Å²) in [4.78, 5) is 24.6.